The maximum absolute atomic E-state index is 6.54. The van der Waals surface area contributed by atoms with Gasteiger partial charge in [0.1, 0.15) is 28.8 Å². The molecule has 0 spiro atoms. The van der Waals surface area contributed by atoms with Gasteiger partial charge in [-0.1, -0.05) is 79.0 Å². The van der Waals surface area contributed by atoms with Crippen molar-refractivity contribution in [3.8, 4) is 0 Å². The zero-order chi connectivity index (χ0) is 22.7. The fourth-order valence-corrected chi connectivity index (χ4v) is 4.53. The monoisotopic (exact) mass is 440 g/mol. The summed E-state index contributed by atoms with van der Waals surface area (Å²) < 4.78 is 25.6. The average molecular weight is 441 g/mol. The minimum atomic E-state index is -0.664. The first-order valence-electron chi connectivity index (χ1n) is 12.1. The Labute approximate surface area is 189 Å². The maximum Gasteiger partial charge on any atom is 0.166 e. The fraction of sp³-hybridized carbons (Fsp3) is 0.760. The third kappa shape index (κ3) is 9.30. The first-order valence-corrected chi connectivity index (χ1v) is 12.9. The molecule has 0 aliphatic carbocycles. The first-order chi connectivity index (χ1) is 14.6. The van der Waals surface area contributed by atoms with Crippen molar-refractivity contribution in [2.24, 2.45) is 0 Å². The summed E-state index contributed by atoms with van der Waals surface area (Å²) in [6, 6.07) is 0. The average Bonchev–Trinajstić information content (AvgIpc) is 2.75. The van der Waals surface area contributed by atoms with Gasteiger partial charge >= 0.3 is 0 Å². The van der Waals surface area contributed by atoms with Crippen molar-refractivity contribution >= 4 is 10.5 Å². The summed E-state index contributed by atoms with van der Waals surface area (Å²) in [5, 5.41) is 0. The van der Waals surface area contributed by atoms with E-state index in [1.54, 1.807) is 0 Å². The molecule has 0 aliphatic rings. The van der Waals surface area contributed by atoms with Crippen molar-refractivity contribution < 1.29 is 18.6 Å². The van der Waals surface area contributed by atoms with Crippen LogP contribution < -0.4 is 0 Å². The fourth-order valence-electron chi connectivity index (χ4n) is 3.74. The molecule has 0 bridgehead atoms. The van der Waals surface area contributed by atoms with E-state index in [1.165, 1.54) is 0 Å². The molecule has 0 radical (unpaired) electrons. The van der Waals surface area contributed by atoms with Crippen LogP contribution in [0.3, 0.4) is 0 Å². The van der Waals surface area contributed by atoms with Gasteiger partial charge in [-0.3, -0.25) is 0 Å². The van der Waals surface area contributed by atoms with Gasteiger partial charge in [-0.15, -0.1) is 0 Å². The molecule has 0 N–H and O–H groups in total. The van der Waals surface area contributed by atoms with Crippen molar-refractivity contribution in [2.75, 3.05) is 0 Å². The second kappa shape index (κ2) is 18.6. The smallest absolute Gasteiger partial charge is 0.166 e. The van der Waals surface area contributed by atoms with Crippen LogP contribution in [-0.2, 0) is 18.6 Å². The summed E-state index contributed by atoms with van der Waals surface area (Å²) in [6.07, 6.45) is 19.8. The summed E-state index contributed by atoms with van der Waals surface area (Å²) in [6.45, 7) is 12.9. The molecule has 0 rings (SSSR count). The van der Waals surface area contributed by atoms with Gasteiger partial charge in [0.25, 0.3) is 0 Å². The normalized spacial score (nSPS) is 17.4. The molecule has 0 fully saturated rings. The highest BCUT2D eigenvalue weighted by Crippen LogP contribution is 2.38. The van der Waals surface area contributed by atoms with E-state index in [2.05, 4.69) is 59.8 Å². The Kier molecular flexibility index (Phi) is 17.8. The highest BCUT2D eigenvalue weighted by Gasteiger charge is 2.54. The highest BCUT2D eigenvalue weighted by molar-refractivity contribution is 5.98. The summed E-state index contributed by atoms with van der Waals surface area (Å²) in [7, 11) is 0.578. The second-order valence-corrected chi connectivity index (χ2v) is 8.05. The van der Waals surface area contributed by atoms with Gasteiger partial charge in [0.2, 0.25) is 0 Å². The second-order valence-electron chi connectivity index (χ2n) is 7.64. The Balaban J connectivity index is 6.39. The van der Waals surface area contributed by atoms with E-state index < -0.39 is 5.60 Å². The minimum Gasteiger partial charge on any atom is -0.495 e. The lowest BCUT2D eigenvalue weighted by Crippen LogP contribution is -2.63. The molecule has 0 aromatic carbocycles. The molecule has 3 unspecified atom stereocenters. The SMILES string of the molecule is CCC=COC(CCC)C(O[SiH3])(C(CCC)OC=CCC)C(CCC)OC=CCC. The van der Waals surface area contributed by atoms with Crippen LogP contribution >= 0.6 is 0 Å². The Morgan fingerprint density at radius 3 is 1.10 bits per heavy atom. The first kappa shape index (κ1) is 28.8. The summed E-state index contributed by atoms with van der Waals surface area (Å²) in [4.78, 5) is 0. The standard InChI is InChI=1S/C25H48O4Si/c1-7-13-19-26-22(16-10-4)25(29-30,23(17-11-5)27-20-14-8-2)24(18-12-6)28-21-15-9-3/h13-15,19-24H,7-12,16-18H2,1-6,30H3. The lowest BCUT2D eigenvalue weighted by molar-refractivity contribution is -0.193. The Bertz CT molecular complexity index is 411. The number of hydrogen-bond acceptors (Lipinski definition) is 4. The van der Waals surface area contributed by atoms with Crippen LogP contribution in [0.4, 0.5) is 0 Å². The molecule has 30 heavy (non-hydrogen) atoms. The van der Waals surface area contributed by atoms with Crippen LogP contribution in [0.1, 0.15) is 99.3 Å². The summed E-state index contributed by atoms with van der Waals surface area (Å²) in [5.41, 5.74) is -0.664. The predicted octanol–water partition coefficient (Wildman–Crippen LogP) is 6.35. The molecule has 5 heteroatoms. The minimum absolute atomic E-state index is 0.138. The van der Waals surface area contributed by atoms with Crippen LogP contribution in [0.5, 0.6) is 0 Å². The van der Waals surface area contributed by atoms with E-state index in [-0.39, 0.29) is 18.3 Å². The van der Waals surface area contributed by atoms with Crippen LogP contribution in [0.25, 0.3) is 0 Å². The molecule has 0 saturated heterocycles. The van der Waals surface area contributed by atoms with Crippen molar-refractivity contribution in [3.05, 3.63) is 37.0 Å². The summed E-state index contributed by atoms with van der Waals surface area (Å²) in [5.74, 6) is 0. The zero-order valence-electron chi connectivity index (χ0n) is 20.7. The highest BCUT2D eigenvalue weighted by atomic mass is 28.2. The Hall–Kier alpha value is -1.20. The van der Waals surface area contributed by atoms with E-state index in [9.17, 15) is 0 Å². The molecule has 4 nitrogen and oxygen atoms in total. The third-order valence-electron chi connectivity index (χ3n) is 5.24. The number of ether oxygens (including phenoxy) is 3. The van der Waals surface area contributed by atoms with Gasteiger partial charge in [-0.25, -0.2) is 0 Å². The van der Waals surface area contributed by atoms with Gasteiger partial charge in [0, 0.05) is 0 Å². The van der Waals surface area contributed by atoms with E-state index in [0.29, 0.717) is 10.5 Å². The molecule has 0 heterocycles. The zero-order valence-corrected chi connectivity index (χ0v) is 22.7. The van der Waals surface area contributed by atoms with Gasteiger partial charge in [-0.05, 0) is 38.5 Å². The molecule has 0 saturated carbocycles. The molecule has 0 aromatic rings. The molecule has 0 aromatic heterocycles. The topological polar surface area (TPSA) is 36.9 Å². The largest absolute Gasteiger partial charge is 0.495 e. The predicted molar refractivity (Wildman–Crippen MR) is 131 cm³/mol. The van der Waals surface area contributed by atoms with Gasteiger partial charge in [-0.2, -0.15) is 0 Å². The van der Waals surface area contributed by atoms with E-state index in [0.717, 1.165) is 57.8 Å². The Morgan fingerprint density at radius 2 is 0.900 bits per heavy atom. The van der Waals surface area contributed by atoms with Crippen LogP contribution in [0, 0.1) is 0 Å². The lowest BCUT2D eigenvalue weighted by atomic mass is 9.78. The van der Waals surface area contributed by atoms with E-state index in [4.69, 9.17) is 18.6 Å². The van der Waals surface area contributed by atoms with Crippen molar-refractivity contribution in [1.82, 2.24) is 0 Å². The van der Waals surface area contributed by atoms with Gasteiger partial charge in [0.15, 0.2) is 5.60 Å². The van der Waals surface area contributed by atoms with Crippen LogP contribution in [-0.4, -0.2) is 34.4 Å². The quantitative estimate of drug-likeness (QED) is 0.173. The van der Waals surface area contributed by atoms with Gasteiger partial charge < -0.3 is 18.6 Å². The molecular weight excluding hydrogens is 392 g/mol. The third-order valence-corrected chi connectivity index (χ3v) is 5.95. The molecule has 0 amide bonds. The van der Waals surface area contributed by atoms with E-state index >= 15 is 0 Å². The van der Waals surface area contributed by atoms with Crippen molar-refractivity contribution in [2.45, 2.75) is 123 Å². The number of hydrogen-bond donors (Lipinski definition) is 0. The summed E-state index contributed by atoms with van der Waals surface area (Å²) >= 11 is 0. The maximum atomic E-state index is 6.54. The lowest BCUT2D eigenvalue weighted by Gasteiger charge is -2.48. The molecular formula is C25H48O4Si. The Morgan fingerprint density at radius 1 is 0.600 bits per heavy atom. The van der Waals surface area contributed by atoms with Crippen LogP contribution in [0.15, 0.2) is 37.0 Å². The van der Waals surface area contributed by atoms with Crippen molar-refractivity contribution in [1.29, 1.82) is 0 Å². The van der Waals surface area contributed by atoms with Crippen LogP contribution in [0.2, 0.25) is 0 Å². The van der Waals surface area contributed by atoms with Gasteiger partial charge in [0.05, 0.1) is 18.8 Å². The van der Waals surface area contributed by atoms with E-state index in [1.807, 2.05) is 18.8 Å². The molecule has 0 aliphatic heterocycles. The molecule has 3 atom stereocenters. The number of allylic oxidation sites excluding steroid dienone is 3. The number of rotatable bonds is 19. The van der Waals surface area contributed by atoms with Crippen molar-refractivity contribution in [3.63, 3.8) is 0 Å². The molecule has 176 valence electrons.